The van der Waals surface area contributed by atoms with Gasteiger partial charge in [0, 0.05) is 6.07 Å². The summed E-state index contributed by atoms with van der Waals surface area (Å²) in [5.41, 5.74) is 1.21. The van der Waals surface area contributed by atoms with Crippen LogP contribution in [0, 0.1) is 12.7 Å². The van der Waals surface area contributed by atoms with Crippen LogP contribution < -0.4 is 5.32 Å². The average molecular weight is 315 g/mol. The first-order valence-electron chi connectivity index (χ1n) is 6.90. The molecule has 1 aromatic carbocycles. The van der Waals surface area contributed by atoms with Crippen molar-refractivity contribution < 1.29 is 9.18 Å². The number of nitrogens with one attached hydrogen (secondary N) is 1. The molecule has 9 heteroatoms. The average Bonchev–Trinajstić information content (AvgIpc) is 3.16. The van der Waals surface area contributed by atoms with Gasteiger partial charge >= 0.3 is 0 Å². The van der Waals surface area contributed by atoms with Crippen LogP contribution in [0.25, 0.3) is 5.69 Å². The second kappa shape index (κ2) is 5.95. The molecule has 1 N–H and O–H groups in total. The number of halogens is 1. The lowest BCUT2D eigenvalue weighted by Crippen LogP contribution is -2.25. The van der Waals surface area contributed by atoms with Gasteiger partial charge in [-0.15, -0.1) is 5.10 Å². The molecule has 3 aromatic rings. The van der Waals surface area contributed by atoms with E-state index in [4.69, 9.17) is 0 Å². The van der Waals surface area contributed by atoms with Crippen LogP contribution >= 0.6 is 0 Å². The number of nitrogens with zero attached hydrogens (tertiary/aromatic N) is 6. The van der Waals surface area contributed by atoms with Crippen molar-refractivity contribution in [2.75, 3.05) is 5.32 Å². The van der Waals surface area contributed by atoms with Crippen LogP contribution in [0.2, 0.25) is 0 Å². The summed E-state index contributed by atoms with van der Waals surface area (Å²) >= 11 is 0. The molecule has 2 aromatic heterocycles. The predicted molar refractivity (Wildman–Crippen MR) is 79.4 cm³/mol. The van der Waals surface area contributed by atoms with Gasteiger partial charge in [0.05, 0.1) is 11.4 Å². The summed E-state index contributed by atoms with van der Waals surface area (Å²) < 4.78 is 16.2. The number of hydrogen-bond acceptors (Lipinski definition) is 5. The van der Waals surface area contributed by atoms with Gasteiger partial charge in [-0.3, -0.25) is 4.79 Å². The summed E-state index contributed by atoms with van der Waals surface area (Å²) in [6.07, 6.45) is 1.36. The fraction of sp³-hybridized carbons (Fsp3) is 0.214. The first-order chi connectivity index (χ1) is 11.0. The van der Waals surface area contributed by atoms with Crippen molar-refractivity contribution in [2.45, 2.75) is 19.9 Å². The predicted octanol–water partition coefficient (Wildman–Crippen LogP) is 1.51. The van der Waals surface area contributed by atoms with E-state index in [9.17, 15) is 9.18 Å². The third-order valence-electron chi connectivity index (χ3n) is 3.28. The van der Waals surface area contributed by atoms with E-state index in [-0.39, 0.29) is 11.7 Å². The maximum Gasteiger partial charge on any atom is 0.250 e. The van der Waals surface area contributed by atoms with E-state index in [1.807, 2.05) is 0 Å². The number of aromatic nitrogens is 6. The van der Waals surface area contributed by atoms with Crippen LogP contribution in [0.1, 0.15) is 18.7 Å². The monoisotopic (exact) mass is 315 g/mol. The zero-order chi connectivity index (χ0) is 16.4. The van der Waals surface area contributed by atoms with E-state index < -0.39 is 6.04 Å². The summed E-state index contributed by atoms with van der Waals surface area (Å²) in [5.74, 6) is -0.247. The van der Waals surface area contributed by atoms with Gasteiger partial charge in [0.25, 0.3) is 0 Å². The smallest absolute Gasteiger partial charge is 0.250 e. The number of aryl methyl sites for hydroxylation is 1. The van der Waals surface area contributed by atoms with Crippen molar-refractivity contribution in [3.8, 4) is 5.69 Å². The number of carbonyl (C=O) groups excluding carboxylic acids is 1. The molecule has 0 aliphatic heterocycles. The van der Waals surface area contributed by atoms with Crippen LogP contribution in [0.4, 0.5) is 10.2 Å². The van der Waals surface area contributed by atoms with E-state index in [2.05, 4.69) is 25.9 Å². The van der Waals surface area contributed by atoms with Gasteiger partial charge in [0.1, 0.15) is 24.0 Å². The van der Waals surface area contributed by atoms with Crippen LogP contribution in [-0.4, -0.2) is 35.9 Å². The number of amides is 1. The van der Waals surface area contributed by atoms with Crippen molar-refractivity contribution in [1.29, 1.82) is 0 Å². The molecule has 1 amide bonds. The molecule has 8 nitrogen and oxygen atoms in total. The van der Waals surface area contributed by atoms with Crippen LogP contribution in [-0.2, 0) is 4.79 Å². The quantitative estimate of drug-likeness (QED) is 0.788. The minimum Gasteiger partial charge on any atom is -0.309 e. The molecule has 3 rings (SSSR count). The molecule has 0 aliphatic carbocycles. The molecule has 0 saturated carbocycles. The number of tetrazole rings is 1. The Morgan fingerprint density at radius 2 is 2.17 bits per heavy atom. The molecule has 0 saturated heterocycles. The Hall–Kier alpha value is -3.10. The Labute approximate surface area is 130 Å². The van der Waals surface area contributed by atoms with Gasteiger partial charge in [-0.05, 0) is 42.5 Å². The molecule has 2 heterocycles. The Morgan fingerprint density at radius 3 is 2.87 bits per heavy atom. The molecule has 0 aliphatic rings. The molecule has 23 heavy (non-hydrogen) atoms. The molecule has 0 unspecified atom stereocenters. The summed E-state index contributed by atoms with van der Waals surface area (Å²) in [4.78, 5) is 12.3. The number of anilines is 1. The van der Waals surface area contributed by atoms with Gasteiger partial charge in [-0.2, -0.15) is 5.10 Å². The fourth-order valence-corrected chi connectivity index (χ4v) is 2.09. The minimum atomic E-state index is -0.596. The second-order valence-corrected chi connectivity index (χ2v) is 5.02. The summed E-state index contributed by atoms with van der Waals surface area (Å²) in [6.45, 7) is 3.46. The first-order valence-corrected chi connectivity index (χ1v) is 6.90. The highest BCUT2D eigenvalue weighted by atomic mass is 19.1. The third kappa shape index (κ3) is 3.07. The Kier molecular flexibility index (Phi) is 3.83. The summed E-state index contributed by atoms with van der Waals surface area (Å²) in [6, 6.07) is 7.08. The van der Waals surface area contributed by atoms with Crippen LogP contribution in [0.3, 0.4) is 0 Å². The standard InChI is InChI=1S/C14H14FN7O/c1-9-6-13(17-14(23)10(2)21-8-16-19-20-21)22(18-9)12-5-3-4-11(15)7-12/h3-8,10H,1-2H3,(H,17,23)/t10-/m0/s1. The van der Waals surface area contributed by atoms with E-state index in [0.717, 1.165) is 0 Å². The van der Waals surface area contributed by atoms with Crippen LogP contribution in [0.5, 0.6) is 0 Å². The topological polar surface area (TPSA) is 90.5 Å². The largest absolute Gasteiger partial charge is 0.309 e. The number of carbonyl (C=O) groups is 1. The SMILES string of the molecule is Cc1cc(NC(=O)[C@H](C)n2cnnn2)n(-c2cccc(F)c2)n1. The van der Waals surface area contributed by atoms with E-state index in [1.54, 1.807) is 32.0 Å². The highest BCUT2D eigenvalue weighted by Crippen LogP contribution is 2.19. The minimum absolute atomic E-state index is 0.310. The Morgan fingerprint density at radius 1 is 1.35 bits per heavy atom. The molecule has 118 valence electrons. The van der Waals surface area contributed by atoms with E-state index >= 15 is 0 Å². The second-order valence-electron chi connectivity index (χ2n) is 5.02. The molecular weight excluding hydrogens is 301 g/mol. The van der Waals surface area contributed by atoms with Crippen molar-refractivity contribution >= 4 is 11.7 Å². The maximum atomic E-state index is 13.4. The summed E-state index contributed by atoms with van der Waals surface area (Å²) in [7, 11) is 0. The van der Waals surface area contributed by atoms with Gasteiger partial charge in [0.15, 0.2) is 0 Å². The highest BCUT2D eigenvalue weighted by Gasteiger charge is 2.18. The zero-order valence-corrected chi connectivity index (χ0v) is 12.5. The normalized spacial score (nSPS) is 12.1. The fourth-order valence-electron chi connectivity index (χ4n) is 2.09. The van der Waals surface area contributed by atoms with Crippen molar-refractivity contribution in [1.82, 2.24) is 30.0 Å². The first kappa shape index (κ1) is 14.8. The van der Waals surface area contributed by atoms with Crippen molar-refractivity contribution in [3.05, 3.63) is 48.2 Å². The van der Waals surface area contributed by atoms with Gasteiger partial charge in [-0.25, -0.2) is 13.8 Å². The van der Waals surface area contributed by atoms with E-state index in [0.29, 0.717) is 17.2 Å². The molecule has 0 fully saturated rings. The van der Waals surface area contributed by atoms with Gasteiger partial charge in [0.2, 0.25) is 5.91 Å². The molecule has 1 atom stereocenters. The van der Waals surface area contributed by atoms with Crippen molar-refractivity contribution in [2.24, 2.45) is 0 Å². The van der Waals surface area contributed by atoms with Gasteiger partial charge in [-0.1, -0.05) is 6.07 Å². The lowest BCUT2D eigenvalue weighted by atomic mass is 10.3. The molecule has 0 radical (unpaired) electrons. The number of hydrogen-bond donors (Lipinski definition) is 1. The highest BCUT2D eigenvalue weighted by molar-refractivity contribution is 5.92. The number of benzene rings is 1. The number of rotatable bonds is 4. The maximum absolute atomic E-state index is 13.4. The molecule has 0 bridgehead atoms. The Bertz CT molecular complexity index is 828. The molecular formula is C14H14FN7O. The lowest BCUT2D eigenvalue weighted by molar-refractivity contribution is -0.119. The Balaban J connectivity index is 1.88. The molecule has 0 spiro atoms. The lowest BCUT2D eigenvalue weighted by Gasteiger charge is -2.12. The third-order valence-corrected chi connectivity index (χ3v) is 3.28. The zero-order valence-electron chi connectivity index (χ0n) is 12.5. The summed E-state index contributed by atoms with van der Waals surface area (Å²) in [5, 5.41) is 17.8. The van der Waals surface area contributed by atoms with E-state index in [1.165, 1.54) is 27.8 Å². The van der Waals surface area contributed by atoms with Crippen molar-refractivity contribution in [3.63, 3.8) is 0 Å². The van der Waals surface area contributed by atoms with Gasteiger partial charge < -0.3 is 5.32 Å². The van der Waals surface area contributed by atoms with Crippen LogP contribution in [0.15, 0.2) is 36.7 Å².